The molecule has 0 unspecified atom stereocenters. The van der Waals surface area contributed by atoms with Crippen LogP contribution in [0.2, 0.25) is 0 Å². The maximum absolute atomic E-state index is 12.7. The number of rotatable bonds is 3. The molecule has 0 aliphatic heterocycles. The van der Waals surface area contributed by atoms with Gasteiger partial charge in [0.15, 0.2) is 15.0 Å². The van der Waals surface area contributed by atoms with Crippen molar-refractivity contribution in [3.63, 3.8) is 0 Å². The minimum Gasteiger partial charge on any atom is -0.245 e. The number of aromatic nitrogens is 1. The molecule has 0 amide bonds. The van der Waals surface area contributed by atoms with E-state index in [9.17, 15) is 12.8 Å². The van der Waals surface area contributed by atoms with Crippen molar-refractivity contribution in [1.82, 2.24) is 4.98 Å². The largest absolute Gasteiger partial charge is 0.245 e. The molecule has 6 heteroatoms. The van der Waals surface area contributed by atoms with Crippen LogP contribution in [0.1, 0.15) is 10.6 Å². The van der Waals surface area contributed by atoms with Crippen molar-refractivity contribution in [2.75, 3.05) is 0 Å². The molecule has 0 atom stereocenters. The van der Waals surface area contributed by atoms with E-state index < -0.39 is 15.0 Å². The first-order valence-electron chi connectivity index (χ1n) is 4.87. The fourth-order valence-electron chi connectivity index (χ4n) is 1.35. The van der Waals surface area contributed by atoms with Crippen LogP contribution >= 0.6 is 11.3 Å². The highest BCUT2D eigenvalue weighted by Gasteiger charge is 2.17. The second-order valence-electron chi connectivity index (χ2n) is 3.63. The lowest BCUT2D eigenvalue weighted by Gasteiger charge is -2.02. The second kappa shape index (κ2) is 4.54. The van der Waals surface area contributed by atoms with Gasteiger partial charge in [-0.15, -0.1) is 0 Å². The van der Waals surface area contributed by atoms with E-state index >= 15 is 0 Å². The van der Waals surface area contributed by atoms with Gasteiger partial charge in [-0.05, 0) is 19.1 Å². The smallest absolute Gasteiger partial charge is 0.196 e. The van der Waals surface area contributed by atoms with Gasteiger partial charge in [0.05, 0.1) is 11.1 Å². The molecule has 2 aromatic rings. The third-order valence-corrected chi connectivity index (χ3v) is 4.83. The summed E-state index contributed by atoms with van der Waals surface area (Å²) < 4.78 is 36.7. The number of thiazole rings is 1. The summed E-state index contributed by atoms with van der Waals surface area (Å²) >= 11 is 0.755. The van der Waals surface area contributed by atoms with E-state index in [0.717, 1.165) is 23.1 Å². The Balaban J connectivity index is 2.28. The molecule has 0 saturated carbocycles. The van der Waals surface area contributed by atoms with Crippen LogP contribution in [0.5, 0.6) is 0 Å². The predicted molar refractivity (Wildman–Crippen MR) is 64.1 cm³/mol. The second-order valence-corrected chi connectivity index (χ2v) is 6.69. The van der Waals surface area contributed by atoms with Crippen molar-refractivity contribution in [3.8, 4) is 0 Å². The normalized spacial score (nSPS) is 11.6. The monoisotopic (exact) mass is 271 g/mol. The quantitative estimate of drug-likeness (QED) is 0.862. The van der Waals surface area contributed by atoms with Gasteiger partial charge in [0.2, 0.25) is 0 Å². The first kappa shape index (κ1) is 12.2. The van der Waals surface area contributed by atoms with E-state index in [0.29, 0.717) is 0 Å². The van der Waals surface area contributed by atoms with Gasteiger partial charge in [0.1, 0.15) is 10.8 Å². The standard InChI is InChI=1S/C11H10FNO2S2/c1-8-2-4-9(5-3-8)17(14,15)7-11-13-6-10(12)16-11/h2-6H,7H2,1H3. The fourth-order valence-corrected chi connectivity index (χ4v) is 3.60. The van der Waals surface area contributed by atoms with Crippen LogP contribution in [-0.2, 0) is 15.6 Å². The van der Waals surface area contributed by atoms with Crippen LogP contribution in [0.3, 0.4) is 0 Å². The van der Waals surface area contributed by atoms with Crippen molar-refractivity contribution in [1.29, 1.82) is 0 Å². The summed E-state index contributed by atoms with van der Waals surface area (Å²) in [5.74, 6) is -0.259. The van der Waals surface area contributed by atoms with E-state index in [2.05, 4.69) is 4.98 Å². The molecule has 1 aromatic carbocycles. The van der Waals surface area contributed by atoms with Crippen LogP contribution in [0.4, 0.5) is 4.39 Å². The lowest BCUT2D eigenvalue weighted by atomic mass is 10.2. The summed E-state index contributed by atoms with van der Waals surface area (Å²) in [5.41, 5.74) is 0.990. The third-order valence-electron chi connectivity index (χ3n) is 2.22. The molecular weight excluding hydrogens is 261 g/mol. The Bertz CT molecular complexity index is 617. The molecule has 17 heavy (non-hydrogen) atoms. The Kier molecular flexibility index (Phi) is 3.26. The number of aryl methyl sites for hydroxylation is 1. The van der Waals surface area contributed by atoms with Crippen molar-refractivity contribution in [2.45, 2.75) is 17.6 Å². The molecule has 0 fully saturated rings. The predicted octanol–water partition coefficient (Wildman–Crippen LogP) is 2.56. The van der Waals surface area contributed by atoms with Crippen LogP contribution in [0, 0.1) is 12.1 Å². The molecular formula is C11H10FNO2S2. The molecule has 0 aliphatic rings. The zero-order valence-electron chi connectivity index (χ0n) is 9.05. The third kappa shape index (κ3) is 2.89. The topological polar surface area (TPSA) is 47.0 Å². The van der Waals surface area contributed by atoms with Crippen molar-refractivity contribution >= 4 is 21.2 Å². The lowest BCUT2D eigenvalue weighted by molar-refractivity contribution is 0.595. The Hall–Kier alpha value is -1.27. The highest BCUT2D eigenvalue weighted by atomic mass is 32.2. The first-order valence-corrected chi connectivity index (χ1v) is 7.34. The average Bonchev–Trinajstić information content (AvgIpc) is 2.63. The van der Waals surface area contributed by atoms with Gasteiger partial charge < -0.3 is 0 Å². The molecule has 3 nitrogen and oxygen atoms in total. The molecule has 0 saturated heterocycles. The van der Waals surface area contributed by atoms with Gasteiger partial charge in [-0.2, -0.15) is 4.39 Å². The summed E-state index contributed by atoms with van der Waals surface area (Å²) in [7, 11) is -3.44. The molecule has 0 aliphatic carbocycles. The SMILES string of the molecule is Cc1ccc(S(=O)(=O)Cc2ncc(F)s2)cc1. The van der Waals surface area contributed by atoms with E-state index in [1.807, 2.05) is 6.92 Å². The lowest BCUT2D eigenvalue weighted by Crippen LogP contribution is -2.04. The fraction of sp³-hybridized carbons (Fsp3) is 0.182. The highest BCUT2D eigenvalue weighted by Crippen LogP contribution is 2.19. The zero-order valence-corrected chi connectivity index (χ0v) is 10.7. The van der Waals surface area contributed by atoms with Crippen molar-refractivity contribution < 1.29 is 12.8 Å². The summed E-state index contributed by atoms with van der Waals surface area (Å²) in [4.78, 5) is 3.94. The zero-order chi connectivity index (χ0) is 12.5. The number of sulfone groups is 1. The Morgan fingerprint density at radius 3 is 2.47 bits per heavy atom. The molecule has 0 bridgehead atoms. The molecule has 90 valence electrons. The number of hydrogen-bond acceptors (Lipinski definition) is 4. The van der Waals surface area contributed by atoms with Crippen LogP contribution in [-0.4, -0.2) is 13.4 Å². The molecule has 0 radical (unpaired) electrons. The van der Waals surface area contributed by atoms with Crippen LogP contribution in [0.25, 0.3) is 0 Å². The molecule has 2 rings (SSSR count). The van der Waals surface area contributed by atoms with Crippen LogP contribution in [0.15, 0.2) is 35.4 Å². The molecule has 0 spiro atoms. The Morgan fingerprint density at radius 1 is 1.29 bits per heavy atom. The Labute approximate surface area is 103 Å². The van der Waals surface area contributed by atoms with Crippen LogP contribution < -0.4 is 0 Å². The molecule has 0 N–H and O–H groups in total. The summed E-state index contributed by atoms with van der Waals surface area (Å²) in [6.45, 7) is 1.88. The van der Waals surface area contributed by atoms with E-state index in [1.165, 1.54) is 0 Å². The van der Waals surface area contributed by atoms with E-state index in [-0.39, 0.29) is 15.7 Å². The summed E-state index contributed by atoms with van der Waals surface area (Å²) in [6, 6.07) is 6.56. The van der Waals surface area contributed by atoms with Gasteiger partial charge in [0, 0.05) is 0 Å². The van der Waals surface area contributed by atoms with Gasteiger partial charge in [0.25, 0.3) is 0 Å². The van der Waals surface area contributed by atoms with E-state index in [4.69, 9.17) is 0 Å². The summed E-state index contributed by atoms with van der Waals surface area (Å²) in [5, 5.41) is -0.206. The number of halogens is 1. The highest BCUT2D eigenvalue weighted by molar-refractivity contribution is 7.90. The van der Waals surface area contributed by atoms with Gasteiger partial charge >= 0.3 is 0 Å². The first-order chi connectivity index (χ1) is 7.97. The van der Waals surface area contributed by atoms with Crippen molar-refractivity contribution in [3.05, 3.63) is 46.2 Å². The Morgan fingerprint density at radius 2 is 1.94 bits per heavy atom. The van der Waals surface area contributed by atoms with Gasteiger partial charge in [-0.25, -0.2) is 13.4 Å². The maximum Gasteiger partial charge on any atom is 0.196 e. The number of hydrogen-bond donors (Lipinski definition) is 0. The minimum absolute atomic E-state index is 0.235. The maximum atomic E-state index is 12.7. The average molecular weight is 271 g/mol. The van der Waals surface area contributed by atoms with Crippen molar-refractivity contribution in [2.24, 2.45) is 0 Å². The molecule has 1 heterocycles. The minimum atomic E-state index is -3.44. The summed E-state index contributed by atoms with van der Waals surface area (Å²) in [6.07, 6.45) is 1.03. The van der Waals surface area contributed by atoms with Gasteiger partial charge in [-0.3, -0.25) is 0 Å². The number of nitrogens with zero attached hydrogens (tertiary/aromatic N) is 1. The van der Waals surface area contributed by atoms with Gasteiger partial charge in [-0.1, -0.05) is 29.0 Å². The number of benzene rings is 1. The molecule has 1 aromatic heterocycles. The van der Waals surface area contributed by atoms with E-state index in [1.54, 1.807) is 24.3 Å².